The van der Waals surface area contributed by atoms with Crippen LogP contribution >= 0.6 is 0 Å². The van der Waals surface area contributed by atoms with Crippen LogP contribution < -0.4 is 15.0 Å². The molecule has 1 saturated heterocycles. The number of anilines is 2. The van der Waals surface area contributed by atoms with Crippen molar-refractivity contribution in [1.29, 1.82) is 0 Å². The third kappa shape index (κ3) is 4.37. The highest BCUT2D eigenvalue weighted by molar-refractivity contribution is 5.94. The molecule has 0 unspecified atom stereocenters. The van der Waals surface area contributed by atoms with E-state index in [2.05, 4.69) is 20.2 Å². The van der Waals surface area contributed by atoms with Crippen molar-refractivity contribution in [3.63, 3.8) is 0 Å². The van der Waals surface area contributed by atoms with Crippen molar-refractivity contribution in [2.75, 3.05) is 30.4 Å². The van der Waals surface area contributed by atoms with Gasteiger partial charge in [0.25, 0.3) is 0 Å². The number of nitrogens with one attached hydrogen (secondary N) is 1. The molecule has 1 aliphatic rings. The van der Waals surface area contributed by atoms with E-state index in [-0.39, 0.29) is 11.8 Å². The van der Waals surface area contributed by atoms with E-state index in [4.69, 9.17) is 4.74 Å². The average Bonchev–Trinajstić information content (AvgIpc) is 2.80. The molecule has 29 heavy (non-hydrogen) atoms. The maximum Gasteiger partial charge on any atom is 0.227 e. The molecule has 1 aromatic heterocycles. The van der Waals surface area contributed by atoms with Gasteiger partial charge in [-0.25, -0.2) is 9.97 Å². The van der Waals surface area contributed by atoms with Gasteiger partial charge in [-0.3, -0.25) is 4.79 Å². The number of hydrogen-bond acceptors (Lipinski definition) is 5. The third-order valence-electron chi connectivity index (χ3n) is 5.26. The van der Waals surface area contributed by atoms with Crippen LogP contribution in [0.25, 0.3) is 11.1 Å². The summed E-state index contributed by atoms with van der Waals surface area (Å²) < 4.78 is 5.31. The van der Waals surface area contributed by atoms with Crippen LogP contribution in [0.15, 0.2) is 67.0 Å². The monoisotopic (exact) mass is 388 g/mol. The zero-order valence-electron chi connectivity index (χ0n) is 16.4. The van der Waals surface area contributed by atoms with Gasteiger partial charge in [-0.05, 0) is 30.5 Å². The van der Waals surface area contributed by atoms with E-state index >= 15 is 0 Å². The van der Waals surface area contributed by atoms with Gasteiger partial charge in [0.05, 0.1) is 12.8 Å². The van der Waals surface area contributed by atoms with E-state index in [1.165, 1.54) is 0 Å². The lowest BCUT2D eigenvalue weighted by Crippen LogP contribution is -2.39. The highest BCUT2D eigenvalue weighted by Gasteiger charge is 2.26. The van der Waals surface area contributed by atoms with Crippen LogP contribution in [0.4, 0.5) is 11.6 Å². The number of methoxy groups -OCH3 is 1. The Morgan fingerprint density at radius 2 is 1.62 bits per heavy atom. The fourth-order valence-electron chi connectivity index (χ4n) is 3.59. The van der Waals surface area contributed by atoms with E-state index in [1.54, 1.807) is 7.11 Å². The van der Waals surface area contributed by atoms with E-state index in [9.17, 15) is 4.79 Å². The number of benzene rings is 2. The molecule has 2 aromatic carbocycles. The average molecular weight is 388 g/mol. The molecule has 1 aliphatic heterocycles. The van der Waals surface area contributed by atoms with Crippen molar-refractivity contribution >= 4 is 17.5 Å². The maximum absolute atomic E-state index is 12.7. The molecule has 6 nitrogen and oxygen atoms in total. The van der Waals surface area contributed by atoms with Crippen molar-refractivity contribution < 1.29 is 9.53 Å². The third-order valence-corrected chi connectivity index (χ3v) is 5.26. The molecular weight excluding hydrogens is 364 g/mol. The highest BCUT2D eigenvalue weighted by atomic mass is 16.5. The summed E-state index contributed by atoms with van der Waals surface area (Å²) in [5, 5.41) is 3.00. The molecule has 148 valence electrons. The molecule has 3 aromatic rings. The first-order chi connectivity index (χ1) is 14.2. The number of rotatable bonds is 5. The predicted molar refractivity (Wildman–Crippen MR) is 114 cm³/mol. The highest BCUT2D eigenvalue weighted by Crippen LogP contribution is 2.27. The Kier molecular flexibility index (Phi) is 5.70. The Morgan fingerprint density at radius 3 is 2.31 bits per heavy atom. The van der Waals surface area contributed by atoms with Crippen LogP contribution in [0.5, 0.6) is 5.75 Å². The van der Waals surface area contributed by atoms with Crippen molar-refractivity contribution in [2.45, 2.75) is 12.8 Å². The fourth-order valence-corrected chi connectivity index (χ4v) is 3.59. The number of hydrogen-bond donors (Lipinski definition) is 1. The van der Waals surface area contributed by atoms with Gasteiger partial charge in [0, 0.05) is 37.0 Å². The van der Waals surface area contributed by atoms with Gasteiger partial charge >= 0.3 is 0 Å². The summed E-state index contributed by atoms with van der Waals surface area (Å²) in [5.41, 5.74) is 2.81. The van der Waals surface area contributed by atoms with Gasteiger partial charge in [-0.2, -0.15) is 0 Å². The minimum absolute atomic E-state index is 0.0280. The number of piperidine rings is 1. The van der Waals surface area contributed by atoms with Gasteiger partial charge in [-0.15, -0.1) is 0 Å². The molecule has 0 spiro atoms. The van der Waals surface area contributed by atoms with Crippen LogP contribution in [0, 0.1) is 5.92 Å². The predicted octanol–water partition coefficient (Wildman–Crippen LogP) is 4.01. The molecule has 1 fully saturated rings. The topological polar surface area (TPSA) is 67.3 Å². The first-order valence-electron chi connectivity index (χ1n) is 9.81. The quantitative estimate of drug-likeness (QED) is 0.715. The Morgan fingerprint density at radius 1 is 0.966 bits per heavy atom. The van der Waals surface area contributed by atoms with E-state index < -0.39 is 0 Å². The summed E-state index contributed by atoms with van der Waals surface area (Å²) in [6.07, 6.45) is 5.26. The molecular formula is C23H24N4O2. The first-order valence-corrected chi connectivity index (χ1v) is 9.81. The Bertz CT molecular complexity index is 952. The van der Waals surface area contributed by atoms with Gasteiger partial charge in [0.1, 0.15) is 5.75 Å². The summed E-state index contributed by atoms with van der Waals surface area (Å²) in [7, 11) is 1.60. The smallest absolute Gasteiger partial charge is 0.227 e. The minimum Gasteiger partial charge on any atom is -0.495 e. The number of carbonyl (C=O) groups is 1. The van der Waals surface area contributed by atoms with Crippen LogP contribution in [0.1, 0.15) is 12.8 Å². The van der Waals surface area contributed by atoms with Gasteiger partial charge in [-0.1, -0.05) is 42.5 Å². The van der Waals surface area contributed by atoms with Crippen molar-refractivity contribution in [3.05, 3.63) is 67.0 Å². The summed E-state index contributed by atoms with van der Waals surface area (Å²) in [4.78, 5) is 23.9. The van der Waals surface area contributed by atoms with Crippen molar-refractivity contribution in [2.24, 2.45) is 5.92 Å². The number of nitrogens with zero attached hydrogens (tertiary/aromatic N) is 3. The Labute approximate surface area is 170 Å². The maximum atomic E-state index is 12.7. The number of para-hydroxylation sites is 2. The first kappa shape index (κ1) is 18.9. The van der Waals surface area contributed by atoms with Crippen molar-refractivity contribution in [1.82, 2.24) is 9.97 Å². The second-order valence-electron chi connectivity index (χ2n) is 7.09. The molecule has 0 saturated carbocycles. The fraction of sp³-hybridized carbons (Fsp3) is 0.261. The second kappa shape index (κ2) is 8.73. The molecule has 0 atom stereocenters. The van der Waals surface area contributed by atoms with Gasteiger partial charge in [0.2, 0.25) is 11.9 Å². The van der Waals surface area contributed by atoms with Crippen LogP contribution in [0.2, 0.25) is 0 Å². The lowest BCUT2D eigenvalue weighted by molar-refractivity contribution is -0.120. The summed E-state index contributed by atoms with van der Waals surface area (Å²) in [5.74, 6) is 1.40. The Balaban J connectivity index is 1.35. The second-order valence-corrected chi connectivity index (χ2v) is 7.09. The SMILES string of the molecule is COc1ccccc1NC(=O)C1CCN(c2ncc(-c3ccccc3)cn2)CC1. The van der Waals surface area contributed by atoms with E-state index in [1.807, 2.05) is 67.0 Å². The summed E-state index contributed by atoms with van der Waals surface area (Å²) in [6, 6.07) is 17.6. The van der Waals surface area contributed by atoms with Gasteiger partial charge < -0.3 is 15.0 Å². The van der Waals surface area contributed by atoms with Crippen molar-refractivity contribution in [3.8, 4) is 16.9 Å². The molecule has 2 heterocycles. The number of amides is 1. The van der Waals surface area contributed by atoms with Crippen LogP contribution in [0.3, 0.4) is 0 Å². The van der Waals surface area contributed by atoms with Crippen LogP contribution in [-0.4, -0.2) is 36.1 Å². The number of carbonyl (C=O) groups excluding carboxylic acids is 1. The van der Waals surface area contributed by atoms with Crippen LogP contribution in [-0.2, 0) is 4.79 Å². The lowest BCUT2D eigenvalue weighted by Gasteiger charge is -2.31. The molecule has 1 N–H and O–H groups in total. The summed E-state index contributed by atoms with van der Waals surface area (Å²) in [6.45, 7) is 1.52. The molecule has 1 amide bonds. The zero-order valence-corrected chi connectivity index (χ0v) is 16.4. The molecule has 0 aliphatic carbocycles. The van der Waals surface area contributed by atoms with E-state index in [0.29, 0.717) is 17.4 Å². The Hall–Kier alpha value is -3.41. The largest absolute Gasteiger partial charge is 0.495 e. The lowest BCUT2D eigenvalue weighted by atomic mass is 9.96. The normalized spacial score (nSPS) is 14.4. The molecule has 0 bridgehead atoms. The number of ether oxygens (including phenoxy) is 1. The van der Waals surface area contributed by atoms with E-state index in [0.717, 1.165) is 37.1 Å². The minimum atomic E-state index is -0.0280. The summed E-state index contributed by atoms with van der Waals surface area (Å²) >= 11 is 0. The number of aromatic nitrogens is 2. The molecule has 4 rings (SSSR count). The molecule has 0 radical (unpaired) electrons. The zero-order chi connectivity index (χ0) is 20.1. The standard InChI is InChI=1S/C23H24N4O2/c1-29-21-10-6-5-9-20(21)26-22(28)18-11-13-27(14-12-18)23-24-15-19(16-25-23)17-7-3-2-4-8-17/h2-10,15-16,18H,11-14H2,1H3,(H,26,28). The molecule has 6 heteroatoms. The van der Waals surface area contributed by atoms with Gasteiger partial charge in [0.15, 0.2) is 0 Å².